The monoisotopic (exact) mass is 530 g/mol. The van der Waals surface area contributed by atoms with Crippen molar-refractivity contribution in [3.8, 4) is 11.5 Å². The predicted molar refractivity (Wildman–Crippen MR) is 124 cm³/mol. The van der Waals surface area contributed by atoms with Gasteiger partial charge in [-0.2, -0.15) is 22.0 Å². The van der Waals surface area contributed by atoms with Gasteiger partial charge in [0.2, 0.25) is 5.91 Å². The third kappa shape index (κ3) is 3.57. The van der Waals surface area contributed by atoms with E-state index in [4.69, 9.17) is 5.73 Å². The molecule has 1 fully saturated rings. The van der Waals surface area contributed by atoms with Gasteiger partial charge in [0.05, 0.1) is 17.0 Å². The lowest BCUT2D eigenvalue weighted by Gasteiger charge is -2.27. The maximum Gasteiger partial charge on any atom is 0.453 e. The van der Waals surface area contributed by atoms with Crippen molar-refractivity contribution in [3.05, 3.63) is 59.9 Å². The molecule has 2 aliphatic rings. The van der Waals surface area contributed by atoms with E-state index in [1.54, 1.807) is 24.4 Å². The van der Waals surface area contributed by atoms with Gasteiger partial charge in [-0.05, 0) is 37.3 Å². The zero-order valence-electron chi connectivity index (χ0n) is 19.5. The zero-order valence-corrected chi connectivity index (χ0v) is 19.5. The number of alkyl halides is 5. The molecular formula is C24H19F5N8O. The highest BCUT2D eigenvalue weighted by Crippen LogP contribution is 2.57. The van der Waals surface area contributed by atoms with Crippen LogP contribution >= 0.6 is 0 Å². The second-order valence-corrected chi connectivity index (χ2v) is 9.34. The van der Waals surface area contributed by atoms with Crippen LogP contribution in [-0.2, 0) is 16.6 Å². The first kappa shape index (κ1) is 24.1. The molecule has 9 nitrogen and oxygen atoms in total. The first-order valence-electron chi connectivity index (χ1n) is 11.7. The van der Waals surface area contributed by atoms with E-state index in [1.165, 1.54) is 23.0 Å². The van der Waals surface area contributed by atoms with E-state index in [0.717, 1.165) is 12.8 Å². The number of amides is 1. The second-order valence-electron chi connectivity index (χ2n) is 9.34. The number of halogens is 5. The van der Waals surface area contributed by atoms with E-state index in [0.29, 0.717) is 11.3 Å². The van der Waals surface area contributed by atoms with E-state index < -0.39 is 30.4 Å². The van der Waals surface area contributed by atoms with E-state index in [-0.39, 0.29) is 46.3 Å². The number of carbonyl (C=O) groups excluding carboxylic acids is 1. The Labute approximate surface area is 211 Å². The molecule has 1 saturated carbocycles. The molecule has 14 heteroatoms. The highest BCUT2D eigenvalue weighted by atomic mass is 19.4. The summed E-state index contributed by atoms with van der Waals surface area (Å²) in [6, 6.07) is 5.26. The minimum absolute atomic E-state index is 0.0126. The Hall–Kier alpha value is -4.23. The number of pyridine rings is 1. The molecule has 1 atom stereocenters. The lowest BCUT2D eigenvalue weighted by atomic mass is 9.74. The highest BCUT2D eigenvalue weighted by molar-refractivity contribution is 6.09. The molecule has 4 aromatic heterocycles. The van der Waals surface area contributed by atoms with Gasteiger partial charge in [-0.1, -0.05) is 6.07 Å². The van der Waals surface area contributed by atoms with Crippen LogP contribution in [0.4, 0.5) is 33.6 Å². The second kappa shape index (κ2) is 8.13. The van der Waals surface area contributed by atoms with Crippen LogP contribution in [0.5, 0.6) is 0 Å². The fraction of sp³-hybridized carbons (Fsp3) is 0.333. The number of nitrogens with zero attached hydrogens (tertiary/aromatic N) is 6. The fourth-order valence-electron chi connectivity index (χ4n) is 5.04. The van der Waals surface area contributed by atoms with Crippen molar-refractivity contribution in [1.29, 1.82) is 0 Å². The number of aromatic nitrogens is 6. The summed E-state index contributed by atoms with van der Waals surface area (Å²) in [7, 11) is 0. The number of nitrogens with two attached hydrogens (primary N) is 1. The molecule has 0 spiro atoms. The van der Waals surface area contributed by atoms with Crippen molar-refractivity contribution in [1.82, 2.24) is 29.3 Å². The quantitative estimate of drug-likeness (QED) is 0.362. The van der Waals surface area contributed by atoms with E-state index in [1.807, 2.05) is 0 Å². The van der Waals surface area contributed by atoms with E-state index in [2.05, 4.69) is 30.2 Å². The molecule has 1 aliphatic heterocycles. The number of nitrogen functional groups attached to an aromatic ring is 1. The van der Waals surface area contributed by atoms with Crippen molar-refractivity contribution >= 4 is 23.2 Å². The molecule has 3 N–H and O–H groups in total. The minimum Gasteiger partial charge on any atom is -0.383 e. The standard InChI is InChI=1S/C24H19F5N8O/c25-22(26,24(27,28)29)7-6-13-20-32-9-10-37(20)11-14(33-13)18-34-17(30)16-19(35-18)36-21(38)23(16,12-4-5-12)15-3-1-2-8-31-15/h1-3,8-12H,4-7H2,(H3,30,34,35,36,38). The molecule has 1 aliphatic carbocycles. The van der Waals surface area contributed by atoms with Crippen LogP contribution < -0.4 is 11.1 Å². The Balaban J connectivity index is 1.44. The summed E-state index contributed by atoms with van der Waals surface area (Å²) in [6.07, 6.45) is -0.429. The van der Waals surface area contributed by atoms with Gasteiger partial charge in [-0.25, -0.2) is 19.9 Å². The van der Waals surface area contributed by atoms with Crippen LogP contribution in [0.2, 0.25) is 0 Å². The molecule has 0 bridgehead atoms. The number of anilines is 2. The van der Waals surface area contributed by atoms with Crippen molar-refractivity contribution in [2.75, 3.05) is 11.1 Å². The molecule has 196 valence electrons. The summed E-state index contributed by atoms with van der Waals surface area (Å²) in [6.45, 7) is 0. The van der Waals surface area contributed by atoms with E-state index in [9.17, 15) is 26.7 Å². The number of nitrogens with one attached hydrogen (secondary N) is 1. The summed E-state index contributed by atoms with van der Waals surface area (Å²) in [5.41, 5.74) is 6.26. The van der Waals surface area contributed by atoms with Crippen LogP contribution in [0.3, 0.4) is 0 Å². The smallest absolute Gasteiger partial charge is 0.383 e. The molecule has 0 radical (unpaired) electrons. The molecule has 38 heavy (non-hydrogen) atoms. The molecule has 1 unspecified atom stereocenters. The van der Waals surface area contributed by atoms with Gasteiger partial charge >= 0.3 is 12.1 Å². The van der Waals surface area contributed by atoms with Gasteiger partial charge in [-0.15, -0.1) is 0 Å². The van der Waals surface area contributed by atoms with Crippen molar-refractivity contribution < 1.29 is 26.7 Å². The first-order valence-corrected chi connectivity index (χ1v) is 11.7. The topological polar surface area (TPSA) is 124 Å². The fourth-order valence-corrected chi connectivity index (χ4v) is 5.04. The molecule has 4 aromatic rings. The maximum atomic E-state index is 13.6. The van der Waals surface area contributed by atoms with Gasteiger partial charge in [0.25, 0.3) is 0 Å². The summed E-state index contributed by atoms with van der Waals surface area (Å²) in [5.74, 6) is -5.12. The summed E-state index contributed by atoms with van der Waals surface area (Å²) in [5, 5.41) is 2.79. The lowest BCUT2D eigenvalue weighted by molar-refractivity contribution is -0.284. The summed E-state index contributed by atoms with van der Waals surface area (Å²) < 4.78 is 66.8. The number of hydrogen-bond donors (Lipinski definition) is 2. The van der Waals surface area contributed by atoms with Crippen LogP contribution in [0, 0.1) is 5.92 Å². The number of hydrogen-bond acceptors (Lipinski definition) is 7. The Morgan fingerprint density at radius 3 is 2.55 bits per heavy atom. The first-order chi connectivity index (χ1) is 18.0. The molecule has 0 aromatic carbocycles. The number of carbonyl (C=O) groups is 1. The number of aryl methyl sites for hydroxylation is 1. The van der Waals surface area contributed by atoms with Gasteiger partial charge in [-0.3, -0.25) is 9.78 Å². The summed E-state index contributed by atoms with van der Waals surface area (Å²) >= 11 is 0. The average Bonchev–Trinajstić information content (AvgIpc) is 3.52. The Morgan fingerprint density at radius 2 is 1.87 bits per heavy atom. The third-order valence-corrected chi connectivity index (χ3v) is 6.94. The molecular weight excluding hydrogens is 511 g/mol. The molecule has 1 amide bonds. The van der Waals surface area contributed by atoms with Crippen molar-refractivity contribution in [2.45, 2.75) is 43.2 Å². The largest absolute Gasteiger partial charge is 0.453 e. The van der Waals surface area contributed by atoms with Crippen molar-refractivity contribution in [3.63, 3.8) is 0 Å². The lowest BCUT2D eigenvalue weighted by Crippen LogP contribution is -2.39. The Kier molecular flexibility index (Phi) is 5.16. The maximum absolute atomic E-state index is 13.6. The normalized spacial score (nSPS) is 19.6. The Bertz CT molecular complexity index is 1570. The predicted octanol–water partition coefficient (Wildman–Crippen LogP) is 3.94. The van der Waals surface area contributed by atoms with Gasteiger partial charge < -0.3 is 15.5 Å². The Morgan fingerprint density at radius 1 is 1.08 bits per heavy atom. The molecule has 6 rings (SSSR count). The molecule has 5 heterocycles. The van der Waals surface area contributed by atoms with Gasteiger partial charge in [0.15, 0.2) is 11.5 Å². The zero-order chi connectivity index (χ0) is 26.9. The highest BCUT2D eigenvalue weighted by Gasteiger charge is 2.60. The number of fused-ring (bicyclic) bond motifs is 2. The van der Waals surface area contributed by atoms with Crippen LogP contribution in [-0.4, -0.2) is 47.3 Å². The van der Waals surface area contributed by atoms with Crippen molar-refractivity contribution in [2.24, 2.45) is 5.92 Å². The third-order valence-electron chi connectivity index (χ3n) is 6.94. The minimum atomic E-state index is -5.69. The van der Waals surface area contributed by atoms with Gasteiger partial charge in [0, 0.05) is 31.2 Å². The average molecular weight is 530 g/mol. The van der Waals surface area contributed by atoms with Gasteiger partial charge in [0.1, 0.15) is 22.7 Å². The number of imidazole rings is 1. The van der Waals surface area contributed by atoms with Crippen LogP contribution in [0.15, 0.2) is 43.0 Å². The SMILES string of the molecule is Nc1nc(-c2cn3ccnc3c(CCC(F)(F)C(F)(F)F)n2)nc2c1C(c1ccccn1)(C1CC1)C(=O)N2. The van der Waals surface area contributed by atoms with Crippen LogP contribution in [0.25, 0.3) is 17.2 Å². The number of rotatable bonds is 6. The summed E-state index contributed by atoms with van der Waals surface area (Å²) in [4.78, 5) is 35.0. The van der Waals surface area contributed by atoms with Crippen LogP contribution in [0.1, 0.15) is 36.2 Å². The molecule has 0 saturated heterocycles. The van der Waals surface area contributed by atoms with E-state index >= 15 is 0 Å².